The average molecular weight is 252 g/mol. The molecule has 4 heteroatoms. The number of furan rings is 1. The Morgan fingerprint density at radius 2 is 2.06 bits per heavy atom. The van der Waals surface area contributed by atoms with E-state index >= 15 is 0 Å². The van der Waals surface area contributed by atoms with E-state index in [1.165, 1.54) is 26.4 Å². The molecular weight excluding hydrogens is 232 g/mol. The quantitative estimate of drug-likeness (QED) is 0.770. The standard InChI is InChI=1S/C14H20O4/c1-10(17-11-6-4-3-5-7-11)12-8-9-13(18-12)14(15)16-2/h8-11H,3-7H2,1-2H3. The van der Waals surface area contributed by atoms with Crippen molar-refractivity contribution in [3.8, 4) is 0 Å². The zero-order chi connectivity index (χ0) is 13.0. The Balaban J connectivity index is 1.93. The zero-order valence-electron chi connectivity index (χ0n) is 11.0. The summed E-state index contributed by atoms with van der Waals surface area (Å²) in [7, 11) is 1.34. The Hall–Kier alpha value is -1.29. The minimum atomic E-state index is -0.453. The van der Waals surface area contributed by atoms with Gasteiger partial charge in [0.25, 0.3) is 0 Å². The van der Waals surface area contributed by atoms with E-state index in [-0.39, 0.29) is 11.9 Å². The highest BCUT2D eigenvalue weighted by Crippen LogP contribution is 2.27. The van der Waals surface area contributed by atoms with Crippen molar-refractivity contribution in [2.45, 2.75) is 51.2 Å². The van der Waals surface area contributed by atoms with E-state index in [4.69, 9.17) is 9.15 Å². The Morgan fingerprint density at radius 1 is 1.33 bits per heavy atom. The summed E-state index contributed by atoms with van der Waals surface area (Å²) in [6.45, 7) is 1.95. The van der Waals surface area contributed by atoms with E-state index in [0.717, 1.165) is 12.8 Å². The van der Waals surface area contributed by atoms with Crippen LogP contribution in [-0.2, 0) is 9.47 Å². The Labute approximate surface area is 107 Å². The number of esters is 1. The number of rotatable bonds is 4. The number of carbonyl (C=O) groups excluding carboxylic acids is 1. The fourth-order valence-corrected chi connectivity index (χ4v) is 2.34. The molecule has 1 fully saturated rings. The summed E-state index contributed by atoms with van der Waals surface area (Å²) in [5.41, 5.74) is 0. The van der Waals surface area contributed by atoms with Gasteiger partial charge in [-0.05, 0) is 31.9 Å². The van der Waals surface area contributed by atoms with Gasteiger partial charge in [0.2, 0.25) is 5.76 Å². The number of hydrogen-bond donors (Lipinski definition) is 0. The van der Waals surface area contributed by atoms with Crippen molar-refractivity contribution in [3.05, 3.63) is 23.7 Å². The third-order valence-corrected chi connectivity index (χ3v) is 3.36. The third kappa shape index (κ3) is 3.13. The van der Waals surface area contributed by atoms with Gasteiger partial charge >= 0.3 is 5.97 Å². The van der Waals surface area contributed by atoms with Crippen LogP contribution < -0.4 is 0 Å². The van der Waals surface area contributed by atoms with Crippen molar-refractivity contribution in [2.75, 3.05) is 7.11 Å². The van der Waals surface area contributed by atoms with E-state index in [1.54, 1.807) is 12.1 Å². The minimum Gasteiger partial charge on any atom is -0.463 e. The summed E-state index contributed by atoms with van der Waals surface area (Å²) >= 11 is 0. The Morgan fingerprint density at radius 3 is 2.72 bits per heavy atom. The minimum absolute atomic E-state index is 0.119. The van der Waals surface area contributed by atoms with E-state index in [0.29, 0.717) is 11.9 Å². The van der Waals surface area contributed by atoms with Crippen molar-refractivity contribution in [3.63, 3.8) is 0 Å². The average Bonchev–Trinajstić information content (AvgIpc) is 2.88. The maximum absolute atomic E-state index is 11.3. The van der Waals surface area contributed by atoms with Gasteiger partial charge in [-0.25, -0.2) is 4.79 Å². The summed E-state index contributed by atoms with van der Waals surface area (Å²) < 4.78 is 16.0. The molecule has 18 heavy (non-hydrogen) atoms. The predicted molar refractivity (Wildman–Crippen MR) is 66.4 cm³/mol. The molecule has 0 spiro atoms. The first-order chi connectivity index (χ1) is 8.70. The van der Waals surface area contributed by atoms with Gasteiger partial charge in [-0.2, -0.15) is 0 Å². The molecular formula is C14H20O4. The molecule has 4 nitrogen and oxygen atoms in total. The zero-order valence-corrected chi connectivity index (χ0v) is 11.0. The van der Waals surface area contributed by atoms with Crippen LogP contribution in [0.25, 0.3) is 0 Å². The summed E-state index contributed by atoms with van der Waals surface area (Å²) in [5.74, 6) is 0.457. The van der Waals surface area contributed by atoms with Crippen LogP contribution in [-0.4, -0.2) is 19.2 Å². The molecule has 1 aromatic heterocycles. The van der Waals surface area contributed by atoms with Crippen LogP contribution in [0.4, 0.5) is 0 Å². The highest BCUT2D eigenvalue weighted by molar-refractivity contribution is 5.86. The molecule has 0 aromatic carbocycles. The molecule has 2 rings (SSSR count). The smallest absolute Gasteiger partial charge is 0.373 e. The molecule has 1 saturated carbocycles. The third-order valence-electron chi connectivity index (χ3n) is 3.36. The highest BCUT2D eigenvalue weighted by atomic mass is 16.5. The molecule has 0 N–H and O–H groups in total. The van der Waals surface area contributed by atoms with E-state index < -0.39 is 5.97 Å². The second-order valence-corrected chi connectivity index (χ2v) is 4.73. The molecule has 0 saturated heterocycles. The van der Waals surface area contributed by atoms with Gasteiger partial charge in [0.05, 0.1) is 13.2 Å². The lowest BCUT2D eigenvalue weighted by Crippen LogP contribution is -2.18. The molecule has 1 unspecified atom stereocenters. The first-order valence-corrected chi connectivity index (χ1v) is 6.54. The van der Waals surface area contributed by atoms with Gasteiger partial charge in [0.15, 0.2) is 0 Å². The second kappa shape index (κ2) is 6.05. The summed E-state index contributed by atoms with van der Waals surface area (Å²) in [4.78, 5) is 11.3. The molecule has 1 aliphatic carbocycles. The van der Waals surface area contributed by atoms with Gasteiger partial charge < -0.3 is 13.9 Å². The van der Waals surface area contributed by atoms with E-state index in [1.807, 2.05) is 6.92 Å². The van der Waals surface area contributed by atoms with Crippen LogP contribution in [0.1, 0.15) is 61.4 Å². The first kappa shape index (κ1) is 13.1. The van der Waals surface area contributed by atoms with Crippen molar-refractivity contribution in [1.82, 2.24) is 0 Å². The van der Waals surface area contributed by atoms with Crippen LogP contribution in [0.2, 0.25) is 0 Å². The monoisotopic (exact) mass is 252 g/mol. The molecule has 0 bridgehead atoms. The van der Waals surface area contributed by atoms with Crippen molar-refractivity contribution < 1.29 is 18.7 Å². The molecule has 0 aliphatic heterocycles. The number of hydrogen-bond acceptors (Lipinski definition) is 4. The van der Waals surface area contributed by atoms with Crippen molar-refractivity contribution in [1.29, 1.82) is 0 Å². The number of methoxy groups -OCH3 is 1. The van der Waals surface area contributed by atoms with Crippen LogP contribution in [0, 0.1) is 0 Å². The molecule has 0 radical (unpaired) electrons. The topological polar surface area (TPSA) is 48.7 Å². The van der Waals surface area contributed by atoms with E-state index in [9.17, 15) is 4.79 Å². The van der Waals surface area contributed by atoms with E-state index in [2.05, 4.69) is 4.74 Å². The van der Waals surface area contributed by atoms with Gasteiger partial charge in [-0.15, -0.1) is 0 Å². The molecule has 0 amide bonds. The maximum Gasteiger partial charge on any atom is 0.373 e. The van der Waals surface area contributed by atoms with Gasteiger partial charge in [-0.1, -0.05) is 19.3 Å². The largest absolute Gasteiger partial charge is 0.463 e. The number of carbonyl (C=O) groups is 1. The van der Waals surface area contributed by atoms with Gasteiger partial charge in [0, 0.05) is 0 Å². The molecule has 1 aliphatic rings. The van der Waals surface area contributed by atoms with Crippen LogP contribution in [0.15, 0.2) is 16.5 Å². The lowest BCUT2D eigenvalue weighted by Gasteiger charge is -2.24. The van der Waals surface area contributed by atoms with Crippen molar-refractivity contribution in [2.24, 2.45) is 0 Å². The van der Waals surface area contributed by atoms with Crippen molar-refractivity contribution >= 4 is 5.97 Å². The lowest BCUT2D eigenvalue weighted by molar-refractivity contribution is -0.0318. The van der Waals surface area contributed by atoms with Crippen LogP contribution in [0.3, 0.4) is 0 Å². The fraction of sp³-hybridized carbons (Fsp3) is 0.643. The van der Waals surface area contributed by atoms with Crippen LogP contribution in [0.5, 0.6) is 0 Å². The molecule has 1 aromatic rings. The Bertz CT molecular complexity index is 390. The van der Waals surface area contributed by atoms with Gasteiger partial charge in [0.1, 0.15) is 11.9 Å². The highest BCUT2D eigenvalue weighted by Gasteiger charge is 2.20. The van der Waals surface area contributed by atoms with Gasteiger partial charge in [-0.3, -0.25) is 0 Å². The molecule has 100 valence electrons. The normalized spacial score (nSPS) is 18.6. The lowest BCUT2D eigenvalue weighted by atomic mass is 9.97. The van der Waals surface area contributed by atoms with Crippen LogP contribution >= 0.6 is 0 Å². The first-order valence-electron chi connectivity index (χ1n) is 6.54. The SMILES string of the molecule is COC(=O)c1ccc(C(C)OC2CCCCC2)o1. The summed E-state index contributed by atoms with van der Waals surface area (Å²) in [6, 6.07) is 3.40. The molecule has 1 heterocycles. The summed E-state index contributed by atoms with van der Waals surface area (Å²) in [5, 5.41) is 0. The second-order valence-electron chi connectivity index (χ2n) is 4.73. The maximum atomic E-state index is 11.3. The number of ether oxygens (including phenoxy) is 2. The predicted octanol–water partition coefficient (Wildman–Crippen LogP) is 3.48. The molecule has 1 atom stereocenters. The fourth-order valence-electron chi connectivity index (χ4n) is 2.34. The summed E-state index contributed by atoms with van der Waals surface area (Å²) in [6.07, 6.45) is 6.23. The Kier molecular flexibility index (Phi) is 4.42.